The van der Waals surface area contributed by atoms with Crippen molar-refractivity contribution >= 4 is 21.9 Å². The molecule has 2 aromatic rings. The normalized spacial score (nSPS) is 11.5. The van der Waals surface area contributed by atoms with E-state index in [1.165, 1.54) is 12.1 Å². The van der Waals surface area contributed by atoms with Crippen molar-refractivity contribution in [2.45, 2.75) is 30.6 Å². The van der Waals surface area contributed by atoms with Crippen LogP contribution in [0.1, 0.15) is 23.6 Å². The predicted molar refractivity (Wildman–Crippen MR) is 99.0 cm³/mol. The summed E-state index contributed by atoms with van der Waals surface area (Å²) < 4.78 is 26.0. The zero-order valence-electron chi connectivity index (χ0n) is 14.8. The first-order valence-electron chi connectivity index (χ1n) is 7.91. The third-order valence-electron chi connectivity index (χ3n) is 3.97. The van der Waals surface area contributed by atoms with Gasteiger partial charge in [-0.05, 0) is 56.2 Å². The molecule has 0 aliphatic carbocycles. The topological polar surface area (TPSA) is 73.5 Å². The lowest BCUT2D eigenvalue weighted by atomic mass is 10.1. The van der Waals surface area contributed by atoms with Crippen molar-refractivity contribution in [2.75, 3.05) is 13.6 Å². The van der Waals surface area contributed by atoms with E-state index in [1.54, 1.807) is 37.5 Å². The van der Waals surface area contributed by atoms with E-state index >= 15 is 0 Å². The predicted octanol–water partition coefficient (Wildman–Crippen LogP) is 3.62. The molecule has 0 N–H and O–H groups in total. The van der Waals surface area contributed by atoms with Gasteiger partial charge in [0.05, 0.1) is 27.4 Å². The number of aryl methyl sites for hydroxylation is 2. The fourth-order valence-corrected chi connectivity index (χ4v) is 4.07. The zero-order valence-corrected chi connectivity index (χ0v) is 15.6. The molecule has 0 spiro atoms. The molecular formula is C19H21N3O2S. The Kier molecular flexibility index (Phi) is 5.60. The maximum absolute atomic E-state index is 13.0. The molecule has 25 heavy (non-hydrogen) atoms. The molecule has 0 saturated carbocycles. The van der Waals surface area contributed by atoms with Gasteiger partial charge in [-0.2, -0.15) is 5.26 Å². The molecular weight excluding hydrogens is 334 g/mol. The minimum Gasteiger partial charge on any atom is -0.366 e. The summed E-state index contributed by atoms with van der Waals surface area (Å²) in [6.45, 7) is 6.42. The summed E-state index contributed by atoms with van der Waals surface area (Å²) >= 11 is 0. The Hall–Kier alpha value is -2.65. The van der Waals surface area contributed by atoms with Crippen molar-refractivity contribution in [1.29, 1.82) is 5.26 Å². The van der Waals surface area contributed by atoms with Crippen LogP contribution in [-0.2, 0) is 9.84 Å². The summed E-state index contributed by atoms with van der Waals surface area (Å²) in [6, 6.07) is 11.6. The molecule has 0 unspecified atom stereocenters. The molecule has 130 valence electrons. The van der Waals surface area contributed by atoms with E-state index in [9.17, 15) is 13.7 Å². The third-order valence-corrected chi connectivity index (χ3v) is 5.93. The molecule has 0 radical (unpaired) electrons. The number of sulfone groups is 1. The Morgan fingerprint density at radius 2 is 1.84 bits per heavy atom. The van der Waals surface area contributed by atoms with E-state index in [2.05, 4.69) is 4.99 Å². The molecule has 5 nitrogen and oxygen atoms in total. The number of aliphatic imine (C=N–C) groups is 1. The van der Waals surface area contributed by atoms with Crippen molar-refractivity contribution in [3.8, 4) is 6.07 Å². The molecule has 6 heteroatoms. The maximum Gasteiger partial charge on any atom is 0.208 e. The van der Waals surface area contributed by atoms with E-state index in [0.717, 1.165) is 17.8 Å². The van der Waals surface area contributed by atoms with Gasteiger partial charge < -0.3 is 4.90 Å². The second-order valence-corrected chi connectivity index (χ2v) is 7.72. The van der Waals surface area contributed by atoms with Crippen LogP contribution in [0.2, 0.25) is 0 Å². The Labute approximate surface area is 149 Å². The van der Waals surface area contributed by atoms with Crippen molar-refractivity contribution in [3.05, 3.63) is 53.1 Å². The van der Waals surface area contributed by atoms with E-state index < -0.39 is 9.84 Å². The van der Waals surface area contributed by atoms with Gasteiger partial charge in [0.25, 0.3) is 0 Å². The number of rotatable bonds is 5. The summed E-state index contributed by atoms with van der Waals surface area (Å²) in [5.74, 6) is 0. The van der Waals surface area contributed by atoms with Crippen LogP contribution in [0.15, 0.2) is 51.2 Å². The van der Waals surface area contributed by atoms with Crippen LogP contribution in [0, 0.1) is 25.2 Å². The minimum absolute atomic E-state index is 0.0296. The van der Waals surface area contributed by atoms with Crippen molar-refractivity contribution in [3.63, 3.8) is 0 Å². The highest BCUT2D eigenvalue weighted by molar-refractivity contribution is 7.91. The molecule has 0 bridgehead atoms. The second kappa shape index (κ2) is 7.49. The van der Waals surface area contributed by atoms with E-state index in [-0.39, 0.29) is 15.4 Å². The quantitative estimate of drug-likeness (QED) is 0.606. The largest absolute Gasteiger partial charge is 0.366 e. The lowest BCUT2D eigenvalue weighted by molar-refractivity contribution is 0.552. The highest BCUT2D eigenvalue weighted by Crippen LogP contribution is 2.31. The fourth-order valence-electron chi connectivity index (χ4n) is 2.36. The van der Waals surface area contributed by atoms with Gasteiger partial charge >= 0.3 is 0 Å². The van der Waals surface area contributed by atoms with E-state index in [4.69, 9.17) is 0 Å². The highest BCUT2D eigenvalue weighted by Gasteiger charge is 2.23. The molecule has 0 aromatic heterocycles. The molecule has 0 atom stereocenters. The smallest absolute Gasteiger partial charge is 0.208 e. The molecule has 0 heterocycles. The molecule has 0 fully saturated rings. The van der Waals surface area contributed by atoms with Crippen molar-refractivity contribution in [2.24, 2.45) is 4.99 Å². The van der Waals surface area contributed by atoms with Crippen molar-refractivity contribution in [1.82, 2.24) is 4.90 Å². The highest BCUT2D eigenvalue weighted by atomic mass is 32.2. The van der Waals surface area contributed by atoms with Gasteiger partial charge in [-0.3, -0.25) is 0 Å². The number of nitrogens with zero attached hydrogens (tertiary/aromatic N) is 3. The molecule has 0 amide bonds. The summed E-state index contributed by atoms with van der Waals surface area (Å²) in [4.78, 5) is 6.59. The Morgan fingerprint density at radius 3 is 2.48 bits per heavy atom. The SMILES string of the molecule is CCN(C)C=Nc1cc(C)c(S(=O)(=O)c2ccccc2C#N)cc1C. The Balaban J connectivity index is 2.55. The van der Waals surface area contributed by atoms with Gasteiger partial charge in [0, 0.05) is 13.6 Å². The maximum atomic E-state index is 13.0. The van der Waals surface area contributed by atoms with Crippen LogP contribution in [0.5, 0.6) is 0 Å². The first-order chi connectivity index (χ1) is 11.8. The van der Waals surface area contributed by atoms with Crippen LogP contribution in [0.3, 0.4) is 0 Å². The lowest BCUT2D eigenvalue weighted by Gasteiger charge is -2.13. The van der Waals surface area contributed by atoms with Crippen LogP contribution >= 0.6 is 0 Å². The van der Waals surface area contributed by atoms with Crippen LogP contribution in [0.4, 0.5) is 5.69 Å². The average molecular weight is 355 g/mol. The third kappa shape index (κ3) is 3.89. The number of hydrogen-bond donors (Lipinski definition) is 0. The average Bonchev–Trinajstić information content (AvgIpc) is 2.61. The fraction of sp³-hybridized carbons (Fsp3) is 0.263. The zero-order chi connectivity index (χ0) is 18.6. The minimum atomic E-state index is -3.77. The number of benzene rings is 2. The van der Waals surface area contributed by atoms with E-state index in [1.807, 2.05) is 31.9 Å². The number of nitriles is 1. The summed E-state index contributed by atoms with van der Waals surface area (Å²) in [7, 11) is -1.85. The van der Waals surface area contributed by atoms with Gasteiger partial charge in [0.2, 0.25) is 9.84 Å². The van der Waals surface area contributed by atoms with Gasteiger partial charge in [0.15, 0.2) is 0 Å². The van der Waals surface area contributed by atoms with Crippen LogP contribution in [-0.4, -0.2) is 33.2 Å². The van der Waals surface area contributed by atoms with Crippen molar-refractivity contribution < 1.29 is 8.42 Å². The molecule has 0 aliphatic heterocycles. The number of hydrogen-bond acceptors (Lipinski definition) is 4. The summed E-state index contributed by atoms with van der Waals surface area (Å²) in [6.07, 6.45) is 1.72. The van der Waals surface area contributed by atoms with Gasteiger partial charge in [-0.1, -0.05) is 12.1 Å². The lowest BCUT2D eigenvalue weighted by Crippen LogP contribution is -2.14. The second-order valence-electron chi connectivity index (χ2n) is 5.83. The first-order valence-corrected chi connectivity index (χ1v) is 9.39. The standard InChI is InChI=1S/C19H21N3O2S/c1-5-22(4)13-21-17-10-15(3)19(11-14(17)2)25(23,24)18-9-7-6-8-16(18)12-20/h6-11,13H,5H2,1-4H3. The van der Waals surface area contributed by atoms with Crippen LogP contribution < -0.4 is 0 Å². The monoisotopic (exact) mass is 355 g/mol. The Morgan fingerprint density at radius 1 is 1.16 bits per heavy atom. The molecule has 0 saturated heterocycles. The van der Waals surface area contributed by atoms with Gasteiger partial charge in [-0.25, -0.2) is 13.4 Å². The molecule has 0 aliphatic rings. The molecule has 2 rings (SSSR count). The van der Waals surface area contributed by atoms with Gasteiger partial charge in [-0.15, -0.1) is 0 Å². The Bertz CT molecular complexity index is 957. The summed E-state index contributed by atoms with van der Waals surface area (Å²) in [5.41, 5.74) is 2.24. The first kappa shape index (κ1) is 18.7. The summed E-state index contributed by atoms with van der Waals surface area (Å²) in [5, 5.41) is 9.20. The van der Waals surface area contributed by atoms with E-state index in [0.29, 0.717) is 5.56 Å². The molecule has 2 aromatic carbocycles. The van der Waals surface area contributed by atoms with Crippen LogP contribution in [0.25, 0.3) is 0 Å². The van der Waals surface area contributed by atoms with Gasteiger partial charge in [0.1, 0.15) is 6.07 Å².